The second-order valence-corrected chi connectivity index (χ2v) is 27.7. The standard InChI is InChI=1S/C80H108N6O4/c1-5-9-13-17-21-25-27-31-35-39-45-57(43-37-33-29-23-19-15-11-7-3)55-85-77(87)63-51-67-68(52-64(63)78(85)88)82-74-60-48-42-50-62-72(60)71-59(73(74)81-67)47-41-49-61(71)75-76(62)84-70-54-66-65(53-69(70)83-75)79(89)86(80(66)90)56-58(44-38-34-30-24-20-16-12-8-4)46-40-36-32-28-26-22-18-14-10-6-2/h41-42,47-54,57-58H,5-40,43-46,55-56H2,1-4H3. The molecule has 10 aromatic rings. The molecule has 0 saturated carbocycles. The largest absolute Gasteiger partial charge is 0.274 e. The Labute approximate surface area is 535 Å². The summed E-state index contributed by atoms with van der Waals surface area (Å²) in [6.45, 7) is 9.98. The summed E-state index contributed by atoms with van der Waals surface area (Å²) in [6.07, 6.45) is 50.0. The van der Waals surface area contributed by atoms with Crippen LogP contribution in [-0.4, -0.2) is 29.1 Å². The van der Waals surface area contributed by atoms with Crippen LogP contribution in [0.5, 0.6) is 0 Å². The first-order chi connectivity index (χ1) is 44.2. The smallest absolute Gasteiger partial charge is 0.261 e. The lowest BCUT2D eigenvalue weighted by Gasteiger charge is -2.17. The fourth-order valence-electron chi connectivity index (χ4n) is 15.3. The molecule has 482 valence electrons. The third-order valence-electron chi connectivity index (χ3n) is 20.7. The molecule has 0 fully saturated rings. The second kappa shape index (κ2) is 33.9. The highest BCUT2D eigenvalue weighted by molar-refractivity contribution is 6.38. The lowest BCUT2D eigenvalue weighted by molar-refractivity contribution is 0.351. The van der Waals surface area contributed by atoms with E-state index >= 15 is 0 Å². The molecule has 4 heterocycles. The number of nitrogens with zero attached hydrogens (tertiary/aromatic N) is 6. The molecule has 10 rings (SSSR count). The average Bonchev–Trinajstić information content (AvgIpc) is 0.807. The van der Waals surface area contributed by atoms with Gasteiger partial charge in [-0.3, -0.25) is 28.3 Å². The van der Waals surface area contributed by atoms with Crippen molar-refractivity contribution in [3.05, 3.63) is 102 Å². The predicted molar refractivity (Wildman–Crippen MR) is 384 cm³/mol. The summed E-state index contributed by atoms with van der Waals surface area (Å²) in [7, 11) is 0. The molecule has 0 amide bonds. The van der Waals surface area contributed by atoms with Gasteiger partial charge in [0.15, 0.2) is 0 Å². The minimum atomic E-state index is -0.225. The first kappa shape index (κ1) is 66.8. The van der Waals surface area contributed by atoms with Gasteiger partial charge in [0.05, 0.1) is 65.7 Å². The fraction of sp³-hybridized carbons (Fsp3) is 0.600. The van der Waals surface area contributed by atoms with E-state index in [4.69, 9.17) is 19.9 Å². The van der Waals surface area contributed by atoms with Crippen LogP contribution >= 0.6 is 0 Å². The Hall–Kier alpha value is -6.16. The lowest BCUT2D eigenvalue weighted by atomic mass is 9.91. The maximum Gasteiger partial charge on any atom is 0.261 e. The third-order valence-corrected chi connectivity index (χ3v) is 20.7. The number of hydrogen-bond donors (Lipinski definition) is 0. The molecule has 0 N–H and O–H groups in total. The molecule has 0 aliphatic carbocycles. The SMILES string of the molecule is CCCCCCCCCCCCC(CCCCCCCCCC)Cn1c(=O)c2cc3nc4c5cccc6c7nc8cc9c(=O)n(CC(CCCCCCCCCC)CCCCCCCCCCCC)c(=O)c9cc8nc7c7cccc(c4nc3cc2c1=O)c7c56. The Bertz CT molecular complexity index is 3660. The number of hydrogen-bond acceptors (Lipinski definition) is 8. The van der Waals surface area contributed by atoms with Crippen LogP contribution in [0.4, 0.5) is 0 Å². The molecule has 6 aromatic carbocycles. The van der Waals surface area contributed by atoms with Gasteiger partial charge in [-0.2, -0.15) is 0 Å². The summed E-state index contributed by atoms with van der Waals surface area (Å²) >= 11 is 0. The van der Waals surface area contributed by atoms with E-state index in [1.807, 2.05) is 36.4 Å². The van der Waals surface area contributed by atoms with Gasteiger partial charge in [0.2, 0.25) is 0 Å². The number of aromatic nitrogens is 6. The summed E-state index contributed by atoms with van der Waals surface area (Å²) in [6, 6.07) is 19.7. The number of fused-ring (bicyclic) bond motifs is 10. The van der Waals surface area contributed by atoms with Gasteiger partial charge in [0.1, 0.15) is 0 Å². The summed E-state index contributed by atoms with van der Waals surface area (Å²) in [4.78, 5) is 79.5. The van der Waals surface area contributed by atoms with Crippen LogP contribution in [0.1, 0.15) is 285 Å². The maximum atomic E-state index is 14.5. The molecule has 10 nitrogen and oxygen atoms in total. The molecular formula is C80H108N6O4. The molecule has 0 saturated heterocycles. The zero-order chi connectivity index (χ0) is 62.6. The Kier molecular flexibility index (Phi) is 25.2. The van der Waals surface area contributed by atoms with Crippen molar-refractivity contribution in [3.8, 4) is 0 Å². The lowest BCUT2D eigenvalue weighted by Crippen LogP contribution is -2.29. The van der Waals surface area contributed by atoms with E-state index in [-0.39, 0.29) is 34.1 Å². The quantitative estimate of drug-likeness (QED) is 0.0210. The Balaban J connectivity index is 0.928. The van der Waals surface area contributed by atoms with Gasteiger partial charge in [-0.1, -0.05) is 295 Å². The zero-order valence-corrected chi connectivity index (χ0v) is 55.9. The van der Waals surface area contributed by atoms with Crippen LogP contribution in [0.3, 0.4) is 0 Å². The minimum Gasteiger partial charge on any atom is -0.274 e. The van der Waals surface area contributed by atoms with Gasteiger partial charge in [0.25, 0.3) is 22.2 Å². The van der Waals surface area contributed by atoms with Crippen molar-refractivity contribution >= 4 is 98.0 Å². The Morgan fingerprint density at radius 1 is 0.278 bits per heavy atom. The zero-order valence-electron chi connectivity index (χ0n) is 55.9. The van der Waals surface area contributed by atoms with E-state index in [9.17, 15) is 19.2 Å². The van der Waals surface area contributed by atoms with Crippen LogP contribution in [0, 0.1) is 11.8 Å². The molecule has 0 radical (unpaired) electrons. The maximum absolute atomic E-state index is 14.5. The summed E-state index contributed by atoms with van der Waals surface area (Å²) in [5.74, 6) is 0.543. The van der Waals surface area contributed by atoms with Crippen molar-refractivity contribution in [1.29, 1.82) is 0 Å². The highest BCUT2D eigenvalue weighted by atomic mass is 16.2. The van der Waals surface area contributed by atoms with Crippen molar-refractivity contribution < 1.29 is 0 Å². The first-order valence-electron chi connectivity index (χ1n) is 37.0. The summed E-state index contributed by atoms with van der Waals surface area (Å²) in [5, 5.41) is 7.29. The second-order valence-electron chi connectivity index (χ2n) is 27.7. The van der Waals surface area contributed by atoms with Crippen LogP contribution in [-0.2, 0) is 13.1 Å². The highest BCUT2D eigenvalue weighted by Gasteiger charge is 2.25. The monoisotopic (exact) mass is 1220 g/mol. The number of benzene rings is 6. The van der Waals surface area contributed by atoms with Crippen molar-refractivity contribution in [2.75, 3.05) is 0 Å². The van der Waals surface area contributed by atoms with Crippen LogP contribution < -0.4 is 22.2 Å². The van der Waals surface area contributed by atoms with Crippen molar-refractivity contribution in [3.63, 3.8) is 0 Å². The van der Waals surface area contributed by atoms with Gasteiger partial charge >= 0.3 is 0 Å². The molecule has 0 aliphatic rings. The molecule has 0 spiro atoms. The van der Waals surface area contributed by atoms with Gasteiger partial charge in [-0.05, 0) is 61.8 Å². The van der Waals surface area contributed by atoms with Crippen LogP contribution in [0.25, 0.3) is 98.0 Å². The molecular weight excluding hydrogens is 1110 g/mol. The molecule has 4 aromatic heterocycles. The molecule has 90 heavy (non-hydrogen) atoms. The predicted octanol–water partition coefficient (Wildman–Crippen LogP) is 21.9. The average molecular weight is 1220 g/mol. The van der Waals surface area contributed by atoms with E-state index in [0.29, 0.717) is 78.8 Å². The Morgan fingerprint density at radius 2 is 0.478 bits per heavy atom. The Morgan fingerprint density at radius 3 is 0.689 bits per heavy atom. The molecule has 2 atom stereocenters. The normalized spacial score (nSPS) is 13.1. The van der Waals surface area contributed by atoms with E-state index in [1.165, 1.54) is 215 Å². The first-order valence-corrected chi connectivity index (χ1v) is 37.0. The summed E-state index contributed by atoms with van der Waals surface area (Å²) in [5.41, 5.74) is 4.28. The molecule has 0 bridgehead atoms. The van der Waals surface area contributed by atoms with Crippen molar-refractivity contribution in [2.45, 2.75) is 298 Å². The summed E-state index contributed by atoms with van der Waals surface area (Å²) < 4.78 is 3.07. The van der Waals surface area contributed by atoms with Crippen LogP contribution in [0.2, 0.25) is 0 Å². The van der Waals surface area contributed by atoms with E-state index in [2.05, 4.69) is 52.0 Å². The number of unbranched alkanes of at least 4 members (excludes halogenated alkanes) is 32. The van der Waals surface area contributed by atoms with Crippen molar-refractivity contribution in [1.82, 2.24) is 29.1 Å². The van der Waals surface area contributed by atoms with E-state index < -0.39 is 0 Å². The van der Waals surface area contributed by atoms with E-state index in [1.54, 1.807) is 0 Å². The molecule has 2 unspecified atom stereocenters. The topological polar surface area (TPSA) is 130 Å². The molecule has 0 aliphatic heterocycles. The van der Waals surface area contributed by atoms with E-state index in [0.717, 1.165) is 83.7 Å². The van der Waals surface area contributed by atoms with Gasteiger partial charge < -0.3 is 0 Å². The van der Waals surface area contributed by atoms with Gasteiger partial charge in [-0.15, -0.1) is 0 Å². The van der Waals surface area contributed by atoms with Crippen LogP contribution in [0.15, 0.2) is 79.8 Å². The molecule has 10 heteroatoms. The minimum absolute atomic E-state index is 0.225. The fourth-order valence-corrected chi connectivity index (χ4v) is 15.3. The van der Waals surface area contributed by atoms with Crippen molar-refractivity contribution in [2.24, 2.45) is 11.8 Å². The van der Waals surface area contributed by atoms with Gasteiger partial charge in [-0.25, -0.2) is 19.9 Å². The highest BCUT2D eigenvalue weighted by Crippen LogP contribution is 2.44. The van der Waals surface area contributed by atoms with Gasteiger partial charge in [0, 0.05) is 45.4 Å². The third kappa shape index (κ3) is 16.2. The number of rotatable bonds is 44.